The molecule has 0 atom stereocenters. The molecule has 0 amide bonds. The van der Waals surface area contributed by atoms with Crippen molar-refractivity contribution >= 4 is 10.0 Å². The van der Waals surface area contributed by atoms with E-state index >= 15 is 0 Å². The van der Waals surface area contributed by atoms with Gasteiger partial charge in [-0.3, -0.25) is 0 Å². The summed E-state index contributed by atoms with van der Waals surface area (Å²) in [7, 11) is -3.62. The fourth-order valence-electron chi connectivity index (χ4n) is 1.20. The molecule has 0 aliphatic carbocycles. The Bertz CT molecular complexity index is 426. The summed E-state index contributed by atoms with van der Waals surface area (Å²) in [6, 6.07) is 4.70. The first kappa shape index (κ1) is 11.0. The number of aryl methyl sites for hydroxylation is 1. The smallest absolute Gasteiger partial charge is 0.238 e. The Kier molecular flexibility index (Phi) is 3.13. The number of rotatable bonds is 3. The Labute approximate surface area is 83.7 Å². The third kappa shape index (κ3) is 2.46. The van der Waals surface area contributed by atoms with E-state index in [9.17, 15) is 8.42 Å². The quantitative estimate of drug-likeness (QED) is 0.819. The molecule has 0 radical (unpaired) electrons. The van der Waals surface area contributed by atoms with Crippen molar-refractivity contribution in [2.24, 2.45) is 5.14 Å². The molecule has 0 unspecified atom stereocenters. The highest BCUT2D eigenvalue weighted by Gasteiger charge is 2.11. The molecule has 0 heterocycles. The largest absolute Gasteiger partial charge is 0.494 e. The number of benzene rings is 1. The molecule has 0 saturated carbocycles. The molecule has 0 bridgehead atoms. The van der Waals surface area contributed by atoms with Crippen molar-refractivity contribution in [3.05, 3.63) is 23.8 Å². The van der Waals surface area contributed by atoms with Crippen LogP contribution in [-0.2, 0) is 10.0 Å². The summed E-state index contributed by atoms with van der Waals surface area (Å²) in [6.45, 7) is 4.10. The molecule has 0 aliphatic heterocycles. The summed E-state index contributed by atoms with van der Waals surface area (Å²) in [6.07, 6.45) is 0. The van der Waals surface area contributed by atoms with Gasteiger partial charge in [-0.1, -0.05) is 0 Å². The minimum Gasteiger partial charge on any atom is -0.494 e. The lowest BCUT2D eigenvalue weighted by Gasteiger charge is -2.06. The maximum Gasteiger partial charge on any atom is 0.238 e. The lowest BCUT2D eigenvalue weighted by Crippen LogP contribution is -2.13. The van der Waals surface area contributed by atoms with Crippen LogP contribution in [-0.4, -0.2) is 15.0 Å². The minimum atomic E-state index is -3.62. The Morgan fingerprint density at radius 3 is 2.50 bits per heavy atom. The Balaban J connectivity index is 3.15. The molecule has 0 fully saturated rings. The van der Waals surface area contributed by atoms with E-state index in [0.29, 0.717) is 17.9 Å². The standard InChI is InChI=1S/C9H13NO3S/c1-3-13-8-4-5-9(7(2)6-8)14(10,11)12/h4-6H,3H2,1-2H3,(H2,10,11,12). The monoisotopic (exact) mass is 215 g/mol. The molecule has 5 heteroatoms. The van der Waals surface area contributed by atoms with Crippen molar-refractivity contribution < 1.29 is 13.2 Å². The van der Waals surface area contributed by atoms with Crippen molar-refractivity contribution in [2.45, 2.75) is 18.7 Å². The second-order valence-corrected chi connectivity index (χ2v) is 4.44. The van der Waals surface area contributed by atoms with Crippen LogP contribution in [0.5, 0.6) is 5.75 Å². The zero-order chi connectivity index (χ0) is 10.8. The normalized spacial score (nSPS) is 11.4. The third-order valence-electron chi connectivity index (χ3n) is 1.76. The number of ether oxygens (including phenoxy) is 1. The molecule has 0 aromatic heterocycles. The molecular weight excluding hydrogens is 202 g/mol. The fourth-order valence-corrected chi connectivity index (χ4v) is 1.96. The van der Waals surface area contributed by atoms with Crippen molar-refractivity contribution in [1.82, 2.24) is 0 Å². The first-order valence-corrected chi connectivity index (χ1v) is 5.76. The highest BCUT2D eigenvalue weighted by atomic mass is 32.2. The summed E-state index contributed by atoms with van der Waals surface area (Å²) >= 11 is 0. The molecule has 2 N–H and O–H groups in total. The number of sulfonamides is 1. The van der Waals surface area contributed by atoms with Crippen LogP contribution in [0.2, 0.25) is 0 Å². The van der Waals surface area contributed by atoms with Gasteiger partial charge in [0.2, 0.25) is 10.0 Å². The maximum absolute atomic E-state index is 11.1. The first-order chi connectivity index (χ1) is 6.45. The molecule has 0 aliphatic rings. The van der Waals surface area contributed by atoms with Gasteiger partial charge in [-0.2, -0.15) is 0 Å². The van der Waals surface area contributed by atoms with Crippen LogP contribution >= 0.6 is 0 Å². The van der Waals surface area contributed by atoms with Crippen molar-refractivity contribution in [2.75, 3.05) is 6.61 Å². The lowest BCUT2D eigenvalue weighted by atomic mass is 10.2. The van der Waals surface area contributed by atoms with E-state index in [-0.39, 0.29) is 4.90 Å². The number of hydrogen-bond acceptors (Lipinski definition) is 3. The van der Waals surface area contributed by atoms with Crippen molar-refractivity contribution in [3.8, 4) is 5.75 Å². The lowest BCUT2D eigenvalue weighted by molar-refractivity contribution is 0.339. The van der Waals surface area contributed by atoms with Crippen LogP contribution in [0.3, 0.4) is 0 Å². The Morgan fingerprint density at radius 2 is 2.07 bits per heavy atom. The van der Waals surface area contributed by atoms with E-state index in [1.807, 2.05) is 6.92 Å². The SMILES string of the molecule is CCOc1ccc(S(N)(=O)=O)c(C)c1. The topological polar surface area (TPSA) is 69.4 Å². The second kappa shape index (κ2) is 3.98. The van der Waals surface area contributed by atoms with Gasteiger partial charge in [0, 0.05) is 0 Å². The maximum atomic E-state index is 11.1. The molecule has 0 saturated heterocycles. The summed E-state index contributed by atoms with van der Waals surface area (Å²) in [5, 5.41) is 5.01. The van der Waals surface area contributed by atoms with E-state index < -0.39 is 10.0 Å². The molecule has 14 heavy (non-hydrogen) atoms. The molecular formula is C9H13NO3S. The molecule has 4 nitrogen and oxygen atoms in total. The molecule has 1 rings (SSSR count). The third-order valence-corrected chi connectivity index (χ3v) is 2.84. The van der Waals surface area contributed by atoms with Gasteiger partial charge in [-0.15, -0.1) is 0 Å². The van der Waals surface area contributed by atoms with E-state index in [4.69, 9.17) is 9.88 Å². The highest BCUT2D eigenvalue weighted by molar-refractivity contribution is 7.89. The number of hydrogen-bond donors (Lipinski definition) is 1. The average molecular weight is 215 g/mol. The van der Waals surface area contributed by atoms with Crippen LogP contribution in [0, 0.1) is 6.92 Å². The van der Waals surface area contributed by atoms with Gasteiger partial charge in [0.05, 0.1) is 11.5 Å². The summed E-state index contributed by atoms with van der Waals surface area (Å²) in [5.74, 6) is 0.650. The zero-order valence-corrected chi connectivity index (χ0v) is 8.97. The molecule has 1 aromatic rings. The second-order valence-electron chi connectivity index (χ2n) is 2.91. The van der Waals surface area contributed by atoms with Gasteiger partial charge in [0.15, 0.2) is 0 Å². The van der Waals surface area contributed by atoms with Gasteiger partial charge in [0.1, 0.15) is 5.75 Å². The van der Waals surface area contributed by atoms with Gasteiger partial charge in [-0.05, 0) is 37.6 Å². The van der Waals surface area contributed by atoms with Crippen LogP contribution < -0.4 is 9.88 Å². The van der Waals surface area contributed by atoms with E-state index in [2.05, 4.69) is 0 Å². The predicted octanol–water partition coefficient (Wildman–Crippen LogP) is 1.04. The number of nitrogens with two attached hydrogens (primary N) is 1. The predicted molar refractivity (Wildman–Crippen MR) is 53.7 cm³/mol. The van der Waals surface area contributed by atoms with Crippen LogP contribution in [0.15, 0.2) is 23.1 Å². The van der Waals surface area contributed by atoms with Crippen molar-refractivity contribution in [1.29, 1.82) is 0 Å². The molecule has 78 valence electrons. The van der Waals surface area contributed by atoms with Crippen molar-refractivity contribution in [3.63, 3.8) is 0 Å². The van der Waals surface area contributed by atoms with Gasteiger partial charge < -0.3 is 4.74 Å². The molecule has 1 aromatic carbocycles. The number of primary sulfonamides is 1. The Hall–Kier alpha value is -1.07. The van der Waals surface area contributed by atoms with Crippen LogP contribution in [0.1, 0.15) is 12.5 Å². The zero-order valence-electron chi connectivity index (χ0n) is 8.15. The fraction of sp³-hybridized carbons (Fsp3) is 0.333. The van der Waals surface area contributed by atoms with Crippen LogP contribution in [0.25, 0.3) is 0 Å². The summed E-state index contributed by atoms with van der Waals surface area (Å²) < 4.78 is 27.3. The first-order valence-electron chi connectivity index (χ1n) is 4.21. The highest BCUT2D eigenvalue weighted by Crippen LogP contribution is 2.19. The van der Waals surface area contributed by atoms with Gasteiger partial charge in [0.25, 0.3) is 0 Å². The average Bonchev–Trinajstić information content (AvgIpc) is 2.02. The van der Waals surface area contributed by atoms with Gasteiger partial charge in [-0.25, -0.2) is 13.6 Å². The van der Waals surface area contributed by atoms with Gasteiger partial charge >= 0.3 is 0 Å². The summed E-state index contributed by atoms with van der Waals surface area (Å²) in [4.78, 5) is 0.140. The van der Waals surface area contributed by atoms with E-state index in [1.165, 1.54) is 6.07 Å². The Morgan fingerprint density at radius 1 is 1.43 bits per heavy atom. The minimum absolute atomic E-state index is 0.140. The van der Waals surface area contributed by atoms with Crippen LogP contribution in [0.4, 0.5) is 0 Å². The van der Waals surface area contributed by atoms with E-state index in [1.54, 1.807) is 19.1 Å². The van der Waals surface area contributed by atoms with E-state index in [0.717, 1.165) is 0 Å². The summed E-state index contributed by atoms with van der Waals surface area (Å²) in [5.41, 5.74) is 0.596. The molecule has 0 spiro atoms.